The second-order valence-electron chi connectivity index (χ2n) is 24.7. The van der Waals surface area contributed by atoms with Gasteiger partial charge in [-0.15, -0.1) is 0 Å². The third-order valence-corrected chi connectivity index (χ3v) is 17.1. The number of ether oxygens (including phenoxy) is 3. The molecule has 5 unspecified atom stereocenters. The normalized spacial score (nSPS) is 14.9. The van der Waals surface area contributed by atoms with Crippen LogP contribution in [0.5, 0.6) is 0 Å². The average molecular weight is 1430 g/mol. The lowest BCUT2D eigenvalue weighted by Crippen LogP contribution is -2.30. The molecule has 0 aromatic heterocycles. The summed E-state index contributed by atoms with van der Waals surface area (Å²) in [6.07, 6.45) is 89.9. The lowest BCUT2D eigenvalue weighted by Gasteiger charge is -2.21. The molecule has 0 bridgehead atoms. The van der Waals surface area contributed by atoms with Crippen molar-refractivity contribution in [1.82, 2.24) is 0 Å². The van der Waals surface area contributed by atoms with Gasteiger partial charge in [0.15, 0.2) is 6.10 Å². The maximum absolute atomic E-state index is 13.0. The Bertz CT molecular complexity index is 2430. The average Bonchev–Trinajstić information content (AvgIpc) is 2.07. The molecule has 16 nitrogen and oxygen atoms in total. The molecular weight excluding hydrogens is 1290 g/mol. The van der Waals surface area contributed by atoms with Crippen LogP contribution in [-0.2, 0) is 55.8 Å². The van der Waals surface area contributed by atoms with Crippen LogP contribution < -0.4 is 0 Å². The first-order valence-electron chi connectivity index (χ1n) is 37.8. The summed E-state index contributed by atoms with van der Waals surface area (Å²) in [5.74, 6) is -1.63. The van der Waals surface area contributed by atoms with Gasteiger partial charge in [0.25, 0.3) is 0 Å². The summed E-state index contributed by atoms with van der Waals surface area (Å²) >= 11 is 0. The monoisotopic (exact) mass is 1420 g/mol. The fourth-order valence-corrected chi connectivity index (χ4v) is 11.1. The fraction of sp³-hybridized carbons (Fsp3) is 0.642. The van der Waals surface area contributed by atoms with E-state index in [1.54, 1.807) is 0 Å². The van der Waals surface area contributed by atoms with E-state index in [4.69, 9.17) is 32.3 Å². The Balaban J connectivity index is 4.69. The molecule has 0 aromatic carbocycles. The van der Waals surface area contributed by atoms with Crippen LogP contribution in [0.25, 0.3) is 0 Å². The largest absolute Gasteiger partial charge is 0.472 e. The van der Waals surface area contributed by atoms with Crippen LogP contribution in [0.15, 0.2) is 158 Å². The molecule has 99 heavy (non-hydrogen) atoms. The summed E-state index contributed by atoms with van der Waals surface area (Å²) in [7, 11) is -9.81. The third kappa shape index (κ3) is 74.2. The molecule has 5 atom stereocenters. The number of aliphatic hydroxyl groups excluding tert-OH is 2. The van der Waals surface area contributed by atoms with E-state index in [9.17, 15) is 43.5 Å². The van der Waals surface area contributed by atoms with Crippen LogP contribution in [0.3, 0.4) is 0 Å². The number of hydrogen-bond acceptors (Lipinski definition) is 14. The second-order valence-corrected chi connectivity index (χ2v) is 27.6. The first-order chi connectivity index (χ1) is 48.2. The van der Waals surface area contributed by atoms with Crippen LogP contribution in [0.1, 0.15) is 278 Å². The van der Waals surface area contributed by atoms with E-state index in [0.717, 1.165) is 193 Å². The number of phosphoric acid groups is 2. The van der Waals surface area contributed by atoms with Gasteiger partial charge in [-0.2, -0.15) is 0 Å². The molecule has 0 aliphatic carbocycles. The topological polar surface area (TPSA) is 231 Å². The quantitative estimate of drug-likeness (QED) is 0.0146. The molecule has 0 radical (unpaired) electrons. The zero-order valence-electron chi connectivity index (χ0n) is 61.4. The Morgan fingerprint density at radius 2 is 0.535 bits per heavy atom. The van der Waals surface area contributed by atoms with Crippen molar-refractivity contribution in [2.45, 2.75) is 296 Å². The minimum Gasteiger partial charge on any atom is -0.463 e. The van der Waals surface area contributed by atoms with Gasteiger partial charge in [0, 0.05) is 19.3 Å². The smallest absolute Gasteiger partial charge is 0.463 e. The number of allylic oxidation sites excluding steroid dienone is 26. The van der Waals surface area contributed by atoms with Crippen LogP contribution >= 0.6 is 15.6 Å². The summed E-state index contributed by atoms with van der Waals surface area (Å²) in [6, 6.07) is 0. The molecule has 0 spiro atoms. The van der Waals surface area contributed by atoms with Crippen molar-refractivity contribution < 1.29 is 75.8 Å². The number of unbranched alkanes of at least 4 members (excludes halogenated alkanes) is 21. The maximum Gasteiger partial charge on any atom is 0.472 e. The van der Waals surface area contributed by atoms with E-state index in [-0.39, 0.29) is 19.3 Å². The molecule has 0 saturated carbocycles. The van der Waals surface area contributed by atoms with Crippen molar-refractivity contribution in [1.29, 1.82) is 0 Å². The minimum atomic E-state index is -4.94. The standard InChI is InChI=1S/C81H134O16P2/c1-4-7-10-13-16-19-22-25-28-31-33-35-36-37-38-40-42-44-46-49-52-55-58-61-64-67-79(84)91-70-76(82)71-93-98(87,88)94-72-77(83)73-95-99(89,90)96-75-78(97-81(86)69-66-63-60-57-54-51-48-43-30-27-24-21-18-15-12-9-6-3)74-92-80(85)68-65-62-59-56-53-50-47-45-41-39-34-32-29-26-23-20-17-14-11-8-5-2/h7,9-10,12,16-21,25-30,33-35,37-39,42,44-45,47,76-78,82-83H,4-6,8,11,13-15,22-24,31-32,36,40-41,43,46,48-75H2,1-3H3,(H,87,88)(H,89,90)/b10-7-,12-9-,19-16-,20-17-,21-18-,28-25-,29-26-,30-27-,35-33-,38-37-,39-34-,44-42-,47-45-. The van der Waals surface area contributed by atoms with Gasteiger partial charge in [-0.25, -0.2) is 9.13 Å². The predicted molar refractivity (Wildman–Crippen MR) is 408 cm³/mol. The molecule has 0 aliphatic heterocycles. The summed E-state index contributed by atoms with van der Waals surface area (Å²) in [5, 5.41) is 20.6. The summed E-state index contributed by atoms with van der Waals surface area (Å²) in [5.41, 5.74) is 0. The number of rotatable bonds is 70. The van der Waals surface area contributed by atoms with Crippen LogP contribution in [0.4, 0.5) is 0 Å². The zero-order chi connectivity index (χ0) is 72.3. The minimum absolute atomic E-state index is 0.0834. The molecule has 4 N–H and O–H groups in total. The second kappa shape index (κ2) is 72.9. The van der Waals surface area contributed by atoms with Gasteiger partial charge >= 0.3 is 33.6 Å². The maximum atomic E-state index is 13.0. The summed E-state index contributed by atoms with van der Waals surface area (Å²) in [6.45, 7) is 2.36. The Morgan fingerprint density at radius 3 is 0.848 bits per heavy atom. The van der Waals surface area contributed by atoms with Crippen molar-refractivity contribution in [3.05, 3.63) is 158 Å². The predicted octanol–water partition coefficient (Wildman–Crippen LogP) is 21.9. The summed E-state index contributed by atoms with van der Waals surface area (Å²) < 4.78 is 61.1. The van der Waals surface area contributed by atoms with E-state index >= 15 is 0 Å². The van der Waals surface area contributed by atoms with Gasteiger partial charge in [0.1, 0.15) is 25.4 Å². The van der Waals surface area contributed by atoms with Gasteiger partial charge < -0.3 is 34.2 Å². The molecule has 0 aliphatic rings. The highest BCUT2D eigenvalue weighted by molar-refractivity contribution is 7.47. The van der Waals surface area contributed by atoms with Gasteiger partial charge in [0.05, 0.1) is 26.4 Å². The Hall–Kier alpha value is -4.83. The highest BCUT2D eigenvalue weighted by atomic mass is 31.2. The number of esters is 3. The van der Waals surface area contributed by atoms with Gasteiger partial charge in [0.2, 0.25) is 0 Å². The lowest BCUT2D eigenvalue weighted by atomic mass is 10.1. The molecular formula is C81H134O16P2. The molecule has 0 heterocycles. The first-order valence-corrected chi connectivity index (χ1v) is 40.8. The molecule has 0 aromatic rings. The number of carbonyl (C=O) groups is 3. The van der Waals surface area contributed by atoms with Crippen molar-refractivity contribution in [3.8, 4) is 0 Å². The fourth-order valence-electron chi connectivity index (χ4n) is 9.51. The Labute approximate surface area is 600 Å². The molecule has 18 heteroatoms. The molecule has 0 saturated heterocycles. The third-order valence-electron chi connectivity index (χ3n) is 15.2. The number of carbonyl (C=O) groups excluding carboxylic acids is 3. The molecule has 564 valence electrons. The van der Waals surface area contributed by atoms with Crippen molar-refractivity contribution >= 4 is 33.6 Å². The van der Waals surface area contributed by atoms with E-state index in [1.807, 2.05) is 0 Å². The van der Waals surface area contributed by atoms with Crippen LogP contribution in [0.2, 0.25) is 0 Å². The number of hydrogen-bond donors (Lipinski definition) is 4. The van der Waals surface area contributed by atoms with Gasteiger partial charge in [-0.05, 0) is 148 Å². The number of phosphoric ester groups is 2. The lowest BCUT2D eigenvalue weighted by molar-refractivity contribution is -0.161. The SMILES string of the molecule is CC/C=C\C/C=C\C/C=C\C/C=C\C/C=C\C/C=C\CCCCCCCCC(=O)OCC(O)COP(=O)(O)OCC(O)COP(=O)(O)OCC(COC(=O)CCCCCCC/C=C\C/C=C\C/C=C\C/C=C\CCCCC)OC(=O)CCCCCCCCC/C=C\C/C=C\C/C=C\CC. The zero-order valence-corrected chi connectivity index (χ0v) is 63.1. The Kier molecular flexibility index (Phi) is 69.4. The molecule has 0 fully saturated rings. The highest BCUT2D eigenvalue weighted by Gasteiger charge is 2.29. The van der Waals surface area contributed by atoms with Crippen molar-refractivity contribution in [2.24, 2.45) is 0 Å². The Morgan fingerprint density at radius 1 is 0.293 bits per heavy atom. The number of aliphatic hydroxyl groups is 2. The van der Waals surface area contributed by atoms with Gasteiger partial charge in [-0.3, -0.25) is 32.5 Å². The van der Waals surface area contributed by atoms with Crippen molar-refractivity contribution in [3.63, 3.8) is 0 Å². The van der Waals surface area contributed by atoms with Crippen LogP contribution in [-0.4, -0.2) is 95.9 Å². The van der Waals surface area contributed by atoms with Gasteiger partial charge in [-0.1, -0.05) is 269 Å². The van der Waals surface area contributed by atoms with E-state index in [0.29, 0.717) is 19.3 Å². The van der Waals surface area contributed by atoms with E-state index in [2.05, 4.69) is 179 Å². The first kappa shape index (κ1) is 94.2. The van der Waals surface area contributed by atoms with Crippen LogP contribution in [0, 0.1) is 0 Å². The molecule has 0 amide bonds. The van der Waals surface area contributed by atoms with E-state index in [1.165, 1.54) is 25.7 Å². The van der Waals surface area contributed by atoms with E-state index < -0.39 is 91.5 Å². The van der Waals surface area contributed by atoms with Crippen molar-refractivity contribution in [2.75, 3.05) is 39.6 Å². The summed E-state index contributed by atoms with van der Waals surface area (Å²) in [4.78, 5) is 58.6. The highest BCUT2D eigenvalue weighted by Crippen LogP contribution is 2.45. The molecule has 0 rings (SSSR count).